The summed E-state index contributed by atoms with van der Waals surface area (Å²) in [5, 5.41) is 0.565. The van der Waals surface area contributed by atoms with Gasteiger partial charge in [-0.15, -0.1) is 0 Å². The number of aromatic nitrogens is 1. The molecule has 0 aromatic carbocycles. The highest BCUT2D eigenvalue weighted by molar-refractivity contribution is 6.30. The van der Waals surface area contributed by atoms with Crippen molar-refractivity contribution in [1.82, 2.24) is 4.98 Å². The van der Waals surface area contributed by atoms with Crippen molar-refractivity contribution >= 4 is 23.6 Å². The number of hydrogen-bond donors (Lipinski definition) is 0. The molecule has 0 aliphatic rings. The van der Waals surface area contributed by atoms with Crippen LogP contribution in [-0.4, -0.2) is 18.1 Å². The maximum atomic E-state index is 10.7. The third-order valence-electron chi connectivity index (χ3n) is 1.34. The quantitative estimate of drug-likeness (QED) is 0.537. The molecule has 0 unspecified atom stereocenters. The van der Waals surface area contributed by atoms with E-state index in [1.807, 2.05) is 0 Å². The highest BCUT2D eigenvalue weighted by Crippen LogP contribution is 2.06. The molecule has 1 aromatic heterocycles. The molecule has 0 fully saturated rings. The Morgan fingerprint density at radius 1 is 1.62 bits per heavy atom. The van der Waals surface area contributed by atoms with E-state index in [1.165, 1.54) is 19.4 Å². The van der Waals surface area contributed by atoms with Gasteiger partial charge in [0.1, 0.15) is 0 Å². The van der Waals surface area contributed by atoms with Crippen molar-refractivity contribution < 1.29 is 9.53 Å². The Morgan fingerprint density at radius 2 is 2.38 bits per heavy atom. The molecule has 0 N–H and O–H groups in total. The Labute approximate surface area is 81.0 Å². The van der Waals surface area contributed by atoms with Gasteiger partial charge in [0.05, 0.1) is 17.8 Å². The van der Waals surface area contributed by atoms with E-state index in [0.717, 1.165) is 0 Å². The zero-order valence-electron chi connectivity index (χ0n) is 7.03. The monoisotopic (exact) mass is 197 g/mol. The van der Waals surface area contributed by atoms with Gasteiger partial charge in [0, 0.05) is 12.3 Å². The van der Waals surface area contributed by atoms with Gasteiger partial charge in [0.2, 0.25) is 0 Å². The van der Waals surface area contributed by atoms with Gasteiger partial charge in [-0.3, -0.25) is 4.98 Å². The second-order valence-electron chi connectivity index (χ2n) is 2.26. The van der Waals surface area contributed by atoms with Crippen LogP contribution in [0.2, 0.25) is 5.02 Å². The normalized spacial score (nSPS) is 10.3. The summed E-state index contributed by atoms with van der Waals surface area (Å²) in [4.78, 5) is 14.6. The first-order valence-corrected chi connectivity index (χ1v) is 3.98. The van der Waals surface area contributed by atoms with Gasteiger partial charge in [-0.2, -0.15) is 0 Å². The molecule has 0 amide bonds. The van der Waals surface area contributed by atoms with Crippen molar-refractivity contribution in [3.8, 4) is 0 Å². The van der Waals surface area contributed by atoms with E-state index in [2.05, 4.69) is 9.72 Å². The average Bonchev–Trinajstić information content (AvgIpc) is 2.16. The van der Waals surface area contributed by atoms with Crippen LogP contribution in [0.1, 0.15) is 5.69 Å². The molecule has 4 heteroatoms. The van der Waals surface area contributed by atoms with Crippen molar-refractivity contribution in [2.75, 3.05) is 7.11 Å². The lowest BCUT2D eigenvalue weighted by Crippen LogP contribution is -1.93. The fraction of sp³-hybridized carbons (Fsp3) is 0.111. The first-order chi connectivity index (χ1) is 6.22. The molecular formula is C9H8ClNO2. The number of ether oxygens (including phenoxy) is 1. The van der Waals surface area contributed by atoms with E-state index < -0.39 is 5.97 Å². The van der Waals surface area contributed by atoms with E-state index in [-0.39, 0.29) is 0 Å². The molecule has 0 saturated carbocycles. The first-order valence-electron chi connectivity index (χ1n) is 3.60. The zero-order chi connectivity index (χ0) is 9.68. The number of methoxy groups -OCH3 is 1. The fourth-order valence-electron chi connectivity index (χ4n) is 0.707. The maximum Gasteiger partial charge on any atom is 0.330 e. The Morgan fingerprint density at radius 3 is 2.92 bits per heavy atom. The number of carbonyl (C=O) groups excluding carboxylic acids is 1. The molecule has 3 nitrogen and oxygen atoms in total. The van der Waals surface area contributed by atoms with E-state index >= 15 is 0 Å². The third kappa shape index (κ3) is 3.25. The molecule has 0 saturated heterocycles. The Balaban J connectivity index is 2.69. The van der Waals surface area contributed by atoms with Crippen LogP contribution in [-0.2, 0) is 9.53 Å². The van der Waals surface area contributed by atoms with Crippen LogP contribution in [0.4, 0.5) is 0 Å². The molecule has 13 heavy (non-hydrogen) atoms. The predicted octanol–water partition coefficient (Wildman–Crippen LogP) is 1.92. The molecule has 1 rings (SSSR count). The van der Waals surface area contributed by atoms with Gasteiger partial charge in [0.25, 0.3) is 0 Å². The van der Waals surface area contributed by atoms with Gasteiger partial charge < -0.3 is 4.74 Å². The highest BCUT2D eigenvalue weighted by atomic mass is 35.5. The molecule has 0 atom stereocenters. The molecular weight excluding hydrogens is 190 g/mol. The minimum Gasteiger partial charge on any atom is -0.466 e. The summed E-state index contributed by atoms with van der Waals surface area (Å²) >= 11 is 5.62. The van der Waals surface area contributed by atoms with Crippen LogP contribution >= 0.6 is 11.6 Å². The summed E-state index contributed by atoms with van der Waals surface area (Å²) < 4.78 is 4.42. The number of hydrogen-bond acceptors (Lipinski definition) is 3. The molecule has 0 spiro atoms. The van der Waals surface area contributed by atoms with Gasteiger partial charge in [0.15, 0.2) is 0 Å². The summed E-state index contributed by atoms with van der Waals surface area (Å²) in [7, 11) is 1.32. The summed E-state index contributed by atoms with van der Waals surface area (Å²) in [5.41, 5.74) is 0.662. The molecule has 1 heterocycles. The first kappa shape index (κ1) is 9.74. The average molecular weight is 198 g/mol. The lowest BCUT2D eigenvalue weighted by molar-refractivity contribution is -0.134. The topological polar surface area (TPSA) is 39.2 Å². The van der Waals surface area contributed by atoms with Crippen molar-refractivity contribution in [1.29, 1.82) is 0 Å². The van der Waals surface area contributed by atoms with Crippen LogP contribution in [0.3, 0.4) is 0 Å². The van der Waals surface area contributed by atoms with Crippen LogP contribution in [0.15, 0.2) is 24.4 Å². The van der Waals surface area contributed by atoms with Crippen molar-refractivity contribution in [3.63, 3.8) is 0 Å². The fourth-order valence-corrected chi connectivity index (χ4v) is 0.819. The number of halogens is 1. The van der Waals surface area contributed by atoms with Crippen LogP contribution < -0.4 is 0 Å². The van der Waals surface area contributed by atoms with E-state index in [0.29, 0.717) is 10.7 Å². The van der Waals surface area contributed by atoms with Crippen molar-refractivity contribution in [2.45, 2.75) is 0 Å². The molecule has 68 valence electrons. The van der Waals surface area contributed by atoms with Crippen molar-refractivity contribution in [3.05, 3.63) is 35.1 Å². The second-order valence-corrected chi connectivity index (χ2v) is 2.69. The molecule has 0 aliphatic heterocycles. The van der Waals surface area contributed by atoms with Gasteiger partial charge in [-0.1, -0.05) is 11.6 Å². The Hall–Kier alpha value is -1.35. The standard InChI is InChI=1S/C9H8ClNO2/c1-13-9(12)5-4-8-3-2-7(10)6-11-8/h2-6H,1H3/b5-4+. The smallest absolute Gasteiger partial charge is 0.330 e. The number of carbonyl (C=O) groups is 1. The molecule has 1 aromatic rings. The number of rotatable bonds is 2. The summed E-state index contributed by atoms with van der Waals surface area (Å²) in [6.07, 6.45) is 4.37. The van der Waals surface area contributed by atoms with Crippen LogP contribution in [0.25, 0.3) is 6.08 Å². The summed E-state index contributed by atoms with van der Waals surface area (Å²) in [6.45, 7) is 0. The van der Waals surface area contributed by atoms with Gasteiger partial charge in [-0.05, 0) is 18.2 Å². The lowest BCUT2D eigenvalue weighted by atomic mass is 10.3. The molecule has 0 radical (unpaired) electrons. The van der Waals surface area contributed by atoms with Gasteiger partial charge >= 0.3 is 5.97 Å². The lowest BCUT2D eigenvalue weighted by Gasteiger charge is -1.92. The minimum absolute atomic E-state index is 0.406. The largest absolute Gasteiger partial charge is 0.466 e. The molecule has 0 bridgehead atoms. The van der Waals surface area contributed by atoms with Crippen LogP contribution in [0.5, 0.6) is 0 Å². The summed E-state index contributed by atoms with van der Waals surface area (Å²) in [5.74, 6) is -0.406. The van der Waals surface area contributed by atoms with E-state index in [1.54, 1.807) is 18.2 Å². The SMILES string of the molecule is COC(=O)/C=C/c1ccc(Cl)cn1. The summed E-state index contributed by atoms with van der Waals surface area (Å²) in [6, 6.07) is 3.41. The number of pyridine rings is 1. The minimum atomic E-state index is -0.406. The second kappa shape index (κ2) is 4.62. The molecule has 0 aliphatic carbocycles. The predicted molar refractivity (Wildman–Crippen MR) is 50.3 cm³/mol. The highest BCUT2D eigenvalue weighted by Gasteiger charge is 1.92. The van der Waals surface area contributed by atoms with Crippen LogP contribution in [0, 0.1) is 0 Å². The zero-order valence-corrected chi connectivity index (χ0v) is 7.78. The number of nitrogens with zero attached hydrogens (tertiary/aromatic N) is 1. The van der Waals surface area contributed by atoms with Crippen molar-refractivity contribution in [2.24, 2.45) is 0 Å². The Kier molecular flexibility index (Phi) is 3.46. The maximum absolute atomic E-state index is 10.7. The third-order valence-corrected chi connectivity index (χ3v) is 1.57. The Bertz CT molecular complexity index is 319. The van der Waals surface area contributed by atoms with Gasteiger partial charge in [-0.25, -0.2) is 4.79 Å². The van der Waals surface area contributed by atoms with E-state index in [4.69, 9.17) is 11.6 Å². The van der Waals surface area contributed by atoms with E-state index in [9.17, 15) is 4.79 Å². The number of esters is 1.